The predicted molar refractivity (Wildman–Crippen MR) is 86.0 cm³/mol. The number of hydrogen-bond donors (Lipinski definition) is 1. The highest BCUT2D eigenvalue weighted by Gasteiger charge is 2.13. The number of nitrogens with one attached hydrogen (secondary N) is 1. The Morgan fingerprint density at radius 3 is 2.88 bits per heavy atom. The standard InChI is InChI=1S/C14H17BrIN/c1-3-5-6-7-14(17-4-2)12-10-11(15)8-9-13(12)16/h8-10,14,17H,4,6-7H2,1-2H3. The molecular weight excluding hydrogens is 389 g/mol. The van der Waals surface area contributed by atoms with Gasteiger partial charge in [-0.25, -0.2) is 0 Å². The lowest BCUT2D eigenvalue weighted by molar-refractivity contribution is 0.520. The van der Waals surface area contributed by atoms with Crippen molar-refractivity contribution >= 4 is 38.5 Å². The topological polar surface area (TPSA) is 12.0 Å². The molecule has 0 heterocycles. The van der Waals surface area contributed by atoms with Crippen LogP contribution in [0, 0.1) is 15.4 Å². The zero-order valence-corrected chi connectivity index (χ0v) is 13.9. The average Bonchev–Trinajstić information content (AvgIpc) is 2.32. The first-order chi connectivity index (χ1) is 8.19. The van der Waals surface area contributed by atoms with Gasteiger partial charge in [-0.15, -0.1) is 11.8 Å². The second-order valence-corrected chi connectivity index (χ2v) is 5.82. The van der Waals surface area contributed by atoms with Gasteiger partial charge in [0.1, 0.15) is 0 Å². The molecule has 1 nitrogen and oxygen atoms in total. The van der Waals surface area contributed by atoms with Crippen molar-refractivity contribution in [2.75, 3.05) is 6.54 Å². The second kappa shape index (κ2) is 8.12. The molecule has 92 valence electrons. The van der Waals surface area contributed by atoms with Crippen molar-refractivity contribution in [1.82, 2.24) is 5.32 Å². The third-order valence-corrected chi connectivity index (χ3v) is 3.99. The van der Waals surface area contributed by atoms with Gasteiger partial charge in [-0.3, -0.25) is 0 Å². The number of benzene rings is 1. The molecule has 0 aliphatic carbocycles. The maximum Gasteiger partial charge on any atom is 0.0340 e. The van der Waals surface area contributed by atoms with Crippen LogP contribution in [-0.2, 0) is 0 Å². The smallest absolute Gasteiger partial charge is 0.0340 e. The molecule has 1 N–H and O–H groups in total. The molecule has 1 unspecified atom stereocenters. The highest BCUT2D eigenvalue weighted by atomic mass is 127. The Morgan fingerprint density at radius 2 is 2.24 bits per heavy atom. The van der Waals surface area contributed by atoms with Gasteiger partial charge in [0.25, 0.3) is 0 Å². The van der Waals surface area contributed by atoms with E-state index in [4.69, 9.17) is 0 Å². The van der Waals surface area contributed by atoms with Gasteiger partial charge in [0, 0.05) is 20.5 Å². The fraction of sp³-hybridized carbons (Fsp3) is 0.429. The molecular formula is C14H17BrIN. The molecule has 0 aliphatic heterocycles. The summed E-state index contributed by atoms with van der Waals surface area (Å²) in [5, 5.41) is 3.53. The highest BCUT2D eigenvalue weighted by molar-refractivity contribution is 14.1. The van der Waals surface area contributed by atoms with E-state index in [1.165, 1.54) is 9.13 Å². The van der Waals surface area contributed by atoms with Crippen molar-refractivity contribution in [2.45, 2.75) is 32.7 Å². The molecule has 0 saturated heterocycles. The molecule has 0 saturated carbocycles. The van der Waals surface area contributed by atoms with Crippen LogP contribution in [0.1, 0.15) is 38.3 Å². The second-order valence-electron chi connectivity index (χ2n) is 3.74. The molecule has 17 heavy (non-hydrogen) atoms. The van der Waals surface area contributed by atoms with E-state index in [-0.39, 0.29) is 0 Å². The summed E-state index contributed by atoms with van der Waals surface area (Å²) < 4.78 is 2.44. The first-order valence-electron chi connectivity index (χ1n) is 5.77. The van der Waals surface area contributed by atoms with Gasteiger partial charge in [-0.1, -0.05) is 22.9 Å². The van der Waals surface area contributed by atoms with Crippen molar-refractivity contribution in [1.29, 1.82) is 0 Å². The monoisotopic (exact) mass is 405 g/mol. The van der Waals surface area contributed by atoms with Gasteiger partial charge >= 0.3 is 0 Å². The Morgan fingerprint density at radius 1 is 1.47 bits per heavy atom. The van der Waals surface area contributed by atoms with E-state index < -0.39 is 0 Å². The molecule has 0 aromatic heterocycles. The summed E-state index contributed by atoms with van der Waals surface area (Å²) in [7, 11) is 0. The van der Waals surface area contributed by atoms with E-state index in [2.05, 4.69) is 80.8 Å². The molecule has 1 aromatic rings. The van der Waals surface area contributed by atoms with Gasteiger partial charge in [0.15, 0.2) is 0 Å². The van der Waals surface area contributed by atoms with Gasteiger partial charge in [0.2, 0.25) is 0 Å². The Balaban J connectivity index is 2.86. The molecule has 1 atom stereocenters. The van der Waals surface area contributed by atoms with E-state index >= 15 is 0 Å². The fourth-order valence-electron chi connectivity index (χ4n) is 1.74. The van der Waals surface area contributed by atoms with Crippen molar-refractivity contribution in [3.63, 3.8) is 0 Å². The fourth-order valence-corrected chi connectivity index (χ4v) is 2.83. The van der Waals surface area contributed by atoms with E-state index in [1.54, 1.807) is 0 Å². The maximum absolute atomic E-state index is 3.54. The summed E-state index contributed by atoms with van der Waals surface area (Å²) >= 11 is 5.93. The summed E-state index contributed by atoms with van der Waals surface area (Å²) in [6.07, 6.45) is 2.00. The van der Waals surface area contributed by atoms with Crippen LogP contribution in [0.4, 0.5) is 0 Å². The van der Waals surface area contributed by atoms with E-state index in [0.717, 1.165) is 23.9 Å². The van der Waals surface area contributed by atoms with Crippen molar-refractivity contribution in [3.05, 3.63) is 31.8 Å². The van der Waals surface area contributed by atoms with Gasteiger partial charge < -0.3 is 5.32 Å². The average molecular weight is 406 g/mol. The Bertz CT molecular complexity index is 420. The quantitative estimate of drug-likeness (QED) is 0.561. The van der Waals surface area contributed by atoms with E-state index in [0.29, 0.717) is 6.04 Å². The number of halogens is 2. The van der Waals surface area contributed by atoms with Crippen LogP contribution in [0.5, 0.6) is 0 Å². The molecule has 0 spiro atoms. The molecule has 0 bridgehead atoms. The lowest BCUT2D eigenvalue weighted by Gasteiger charge is -2.19. The predicted octanol–water partition coefficient (Wildman–Crippen LogP) is 4.51. The lowest BCUT2D eigenvalue weighted by Crippen LogP contribution is -2.21. The largest absolute Gasteiger partial charge is 0.310 e. The Kier molecular flexibility index (Phi) is 7.17. The molecule has 0 aliphatic rings. The summed E-state index contributed by atoms with van der Waals surface area (Å²) in [6.45, 7) is 5.02. The van der Waals surface area contributed by atoms with Gasteiger partial charge in [-0.05, 0) is 66.2 Å². The number of rotatable bonds is 5. The maximum atomic E-state index is 3.54. The third-order valence-electron chi connectivity index (χ3n) is 2.52. The zero-order valence-electron chi connectivity index (χ0n) is 10.2. The van der Waals surface area contributed by atoms with Crippen molar-refractivity contribution in [3.8, 4) is 11.8 Å². The summed E-state index contributed by atoms with van der Waals surface area (Å²) in [5.74, 6) is 6.09. The Labute approximate surface area is 126 Å². The summed E-state index contributed by atoms with van der Waals surface area (Å²) in [5.41, 5.74) is 1.36. The van der Waals surface area contributed by atoms with E-state index in [9.17, 15) is 0 Å². The summed E-state index contributed by atoms with van der Waals surface area (Å²) in [4.78, 5) is 0. The van der Waals surface area contributed by atoms with Crippen molar-refractivity contribution < 1.29 is 0 Å². The Hall–Kier alpha value is -0.0500. The molecule has 0 amide bonds. The molecule has 3 heteroatoms. The summed E-state index contributed by atoms with van der Waals surface area (Å²) in [6, 6.07) is 6.83. The van der Waals surface area contributed by atoms with Crippen LogP contribution in [0.3, 0.4) is 0 Å². The zero-order chi connectivity index (χ0) is 12.7. The van der Waals surface area contributed by atoms with Crippen LogP contribution in [0.2, 0.25) is 0 Å². The lowest BCUT2D eigenvalue weighted by atomic mass is 10.0. The third kappa shape index (κ3) is 4.99. The van der Waals surface area contributed by atoms with Gasteiger partial charge in [-0.2, -0.15) is 0 Å². The molecule has 0 fully saturated rings. The van der Waals surface area contributed by atoms with Crippen LogP contribution < -0.4 is 5.32 Å². The van der Waals surface area contributed by atoms with E-state index in [1.807, 2.05) is 6.92 Å². The van der Waals surface area contributed by atoms with Crippen LogP contribution in [-0.4, -0.2) is 6.54 Å². The minimum absolute atomic E-state index is 0.394. The first-order valence-corrected chi connectivity index (χ1v) is 7.64. The minimum Gasteiger partial charge on any atom is -0.310 e. The minimum atomic E-state index is 0.394. The molecule has 1 rings (SSSR count). The highest BCUT2D eigenvalue weighted by Crippen LogP contribution is 2.26. The van der Waals surface area contributed by atoms with Gasteiger partial charge in [0.05, 0.1) is 0 Å². The SMILES string of the molecule is CC#CCCC(NCC)c1cc(Br)ccc1I. The van der Waals surface area contributed by atoms with Crippen LogP contribution in [0.25, 0.3) is 0 Å². The van der Waals surface area contributed by atoms with Crippen molar-refractivity contribution in [2.24, 2.45) is 0 Å². The van der Waals surface area contributed by atoms with Crippen LogP contribution >= 0.6 is 38.5 Å². The molecule has 1 aromatic carbocycles. The molecule has 0 radical (unpaired) electrons. The number of hydrogen-bond acceptors (Lipinski definition) is 1. The normalized spacial score (nSPS) is 11.8. The first kappa shape index (κ1) is 15.0. The van der Waals surface area contributed by atoms with Crippen LogP contribution in [0.15, 0.2) is 22.7 Å².